The van der Waals surface area contributed by atoms with Crippen molar-refractivity contribution in [1.82, 2.24) is 4.90 Å². The fourth-order valence-corrected chi connectivity index (χ4v) is 3.05. The number of fused-ring (bicyclic) bond motifs is 1. The van der Waals surface area contributed by atoms with E-state index in [1.807, 2.05) is 18.2 Å². The average Bonchev–Trinajstić information content (AvgIpc) is 2.82. The van der Waals surface area contributed by atoms with E-state index in [1.54, 1.807) is 6.07 Å². The molecule has 0 aliphatic carbocycles. The molecule has 2 aliphatic heterocycles. The van der Waals surface area contributed by atoms with Gasteiger partial charge in [-0.2, -0.15) is 0 Å². The maximum atomic E-state index is 11.8. The normalized spacial score (nSPS) is 27.5. The van der Waals surface area contributed by atoms with Gasteiger partial charge in [-0.05, 0) is 26.5 Å². The van der Waals surface area contributed by atoms with Gasteiger partial charge in [0.25, 0.3) is 0 Å². The molecule has 1 aromatic rings. The van der Waals surface area contributed by atoms with Crippen molar-refractivity contribution in [2.45, 2.75) is 38.7 Å². The number of cyclic esters (lactones) is 1. The fourth-order valence-electron chi connectivity index (χ4n) is 3.05. The number of likely N-dealkylation sites (N-methyl/N-ethyl adjacent to an activating group) is 1. The number of esters is 1. The highest BCUT2D eigenvalue weighted by molar-refractivity contribution is 5.93. The van der Waals surface area contributed by atoms with Crippen LogP contribution in [0, 0.1) is 0 Å². The maximum Gasteiger partial charge on any atom is 0.341 e. The molecule has 1 aromatic carbocycles. The Kier molecular flexibility index (Phi) is 4.21. The zero-order valence-electron chi connectivity index (χ0n) is 13.4. The molecule has 0 amide bonds. The number of hydrogen-bond donors (Lipinski definition) is 0. The number of hydrogen-bond acceptors (Lipinski definition) is 5. The van der Waals surface area contributed by atoms with Gasteiger partial charge < -0.3 is 14.2 Å². The number of ether oxygens (including phenoxy) is 3. The Morgan fingerprint density at radius 3 is 2.91 bits per heavy atom. The Balaban J connectivity index is 1.63. The Morgan fingerprint density at radius 1 is 1.36 bits per heavy atom. The van der Waals surface area contributed by atoms with E-state index in [-0.39, 0.29) is 17.6 Å². The Bertz CT molecular complexity index is 557. The number of nitrogens with zero attached hydrogens (tertiary/aromatic N) is 1. The maximum absolute atomic E-state index is 11.8. The number of morpholine rings is 1. The van der Waals surface area contributed by atoms with Crippen molar-refractivity contribution in [2.24, 2.45) is 0 Å². The first-order chi connectivity index (χ1) is 10.5. The number of benzene rings is 1. The van der Waals surface area contributed by atoms with Gasteiger partial charge in [-0.15, -0.1) is 0 Å². The van der Waals surface area contributed by atoms with Gasteiger partial charge in [-0.1, -0.05) is 25.1 Å². The zero-order valence-corrected chi connectivity index (χ0v) is 13.4. The van der Waals surface area contributed by atoms with E-state index in [4.69, 9.17) is 14.2 Å². The zero-order chi connectivity index (χ0) is 15.7. The van der Waals surface area contributed by atoms with Crippen LogP contribution < -0.4 is 0 Å². The van der Waals surface area contributed by atoms with E-state index >= 15 is 0 Å². The molecule has 2 heterocycles. The molecule has 0 radical (unpaired) electrons. The third-order valence-electron chi connectivity index (χ3n) is 4.26. The van der Waals surface area contributed by atoms with Crippen molar-refractivity contribution < 1.29 is 19.0 Å². The van der Waals surface area contributed by atoms with Crippen LogP contribution in [-0.2, 0) is 14.2 Å². The van der Waals surface area contributed by atoms with Gasteiger partial charge in [0, 0.05) is 12.1 Å². The highest BCUT2D eigenvalue weighted by atomic mass is 16.7. The second-order valence-corrected chi connectivity index (χ2v) is 6.45. The third kappa shape index (κ3) is 3.02. The van der Waals surface area contributed by atoms with Gasteiger partial charge in [-0.25, -0.2) is 4.79 Å². The molecule has 5 nitrogen and oxygen atoms in total. The minimum absolute atomic E-state index is 0.126. The van der Waals surface area contributed by atoms with Gasteiger partial charge in [0.05, 0.1) is 30.4 Å². The Hall–Kier alpha value is -1.43. The average molecular weight is 305 g/mol. The summed E-state index contributed by atoms with van der Waals surface area (Å²) in [5, 5.41) is 0. The topological polar surface area (TPSA) is 48.0 Å². The van der Waals surface area contributed by atoms with Gasteiger partial charge in [-0.3, -0.25) is 4.90 Å². The smallest absolute Gasteiger partial charge is 0.341 e. The lowest BCUT2D eigenvalue weighted by molar-refractivity contribution is -0.159. The second-order valence-electron chi connectivity index (χ2n) is 6.45. The van der Waals surface area contributed by atoms with E-state index in [0.717, 1.165) is 18.7 Å². The van der Waals surface area contributed by atoms with Gasteiger partial charge in [0.2, 0.25) is 6.29 Å². The summed E-state index contributed by atoms with van der Waals surface area (Å²) >= 11 is 0. The predicted octanol–water partition coefficient (Wildman–Crippen LogP) is 2.37. The van der Waals surface area contributed by atoms with Crippen molar-refractivity contribution in [3.05, 3.63) is 35.4 Å². The molecule has 0 spiro atoms. The van der Waals surface area contributed by atoms with Gasteiger partial charge in [0.15, 0.2) is 0 Å². The monoisotopic (exact) mass is 305 g/mol. The molecule has 0 aromatic heterocycles. The summed E-state index contributed by atoms with van der Waals surface area (Å²) in [6, 6.07) is 7.55. The summed E-state index contributed by atoms with van der Waals surface area (Å²) in [5.41, 5.74) is 1.28. The number of carbonyl (C=O) groups excluding carboxylic acids is 1. The van der Waals surface area contributed by atoms with Crippen molar-refractivity contribution in [3.8, 4) is 0 Å². The van der Waals surface area contributed by atoms with Crippen LogP contribution in [-0.4, -0.2) is 48.8 Å². The van der Waals surface area contributed by atoms with Crippen LogP contribution >= 0.6 is 0 Å². The van der Waals surface area contributed by atoms with Crippen molar-refractivity contribution in [1.29, 1.82) is 0 Å². The Morgan fingerprint density at radius 2 is 2.14 bits per heavy atom. The molecular formula is C17H23NO4. The summed E-state index contributed by atoms with van der Waals surface area (Å²) in [6.07, 6.45) is -0.600. The lowest BCUT2D eigenvalue weighted by Crippen LogP contribution is -2.55. The van der Waals surface area contributed by atoms with Crippen molar-refractivity contribution in [2.75, 3.05) is 26.3 Å². The van der Waals surface area contributed by atoms with E-state index in [1.165, 1.54) is 0 Å². The lowest BCUT2D eigenvalue weighted by Gasteiger charge is -2.43. The molecule has 1 saturated heterocycles. The molecule has 3 rings (SSSR count). The van der Waals surface area contributed by atoms with E-state index in [0.29, 0.717) is 18.8 Å². The second kappa shape index (κ2) is 5.99. The first kappa shape index (κ1) is 15.5. The van der Waals surface area contributed by atoms with Crippen LogP contribution in [0.5, 0.6) is 0 Å². The van der Waals surface area contributed by atoms with Gasteiger partial charge >= 0.3 is 5.97 Å². The van der Waals surface area contributed by atoms with E-state index in [2.05, 4.69) is 25.7 Å². The van der Waals surface area contributed by atoms with Crippen molar-refractivity contribution >= 4 is 5.97 Å². The first-order valence-electron chi connectivity index (χ1n) is 7.79. The van der Waals surface area contributed by atoms with Crippen LogP contribution in [0.4, 0.5) is 0 Å². The lowest BCUT2D eigenvalue weighted by atomic mass is 10.0. The summed E-state index contributed by atoms with van der Waals surface area (Å²) in [6.45, 7) is 9.27. The molecule has 0 saturated carbocycles. The largest absolute Gasteiger partial charge is 0.428 e. The summed E-state index contributed by atoms with van der Waals surface area (Å²) < 4.78 is 17.1. The van der Waals surface area contributed by atoms with Crippen LogP contribution in [0.15, 0.2) is 24.3 Å². The summed E-state index contributed by atoms with van der Waals surface area (Å²) in [5.74, 6) is -0.311. The van der Waals surface area contributed by atoms with E-state index < -0.39 is 6.29 Å². The molecule has 5 heteroatoms. The van der Waals surface area contributed by atoms with Crippen LogP contribution in [0.1, 0.15) is 43.0 Å². The number of carbonyl (C=O) groups is 1. The van der Waals surface area contributed by atoms with Crippen LogP contribution in [0.25, 0.3) is 0 Å². The molecule has 2 aliphatic rings. The molecule has 1 fully saturated rings. The molecule has 120 valence electrons. The molecular weight excluding hydrogens is 282 g/mol. The number of rotatable bonds is 4. The molecule has 2 unspecified atom stereocenters. The molecule has 0 bridgehead atoms. The standard InChI is InChI=1S/C17H23NO4/c1-4-18-11-17(2,3)21-10-12(18)9-20-16-14-8-6-5-7-13(14)15(19)22-16/h5-8,12,16H,4,9-11H2,1-3H3. The molecule has 22 heavy (non-hydrogen) atoms. The summed E-state index contributed by atoms with van der Waals surface area (Å²) in [7, 11) is 0. The predicted molar refractivity (Wildman–Crippen MR) is 81.6 cm³/mol. The first-order valence-corrected chi connectivity index (χ1v) is 7.79. The quantitative estimate of drug-likeness (QED) is 0.799. The van der Waals surface area contributed by atoms with Gasteiger partial charge in [0.1, 0.15) is 0 Å². The Labute approximate surface area is 131 Å². The highest BCUT2D eigenvalue weighted by Gasteiger charge is 2.36. The SMILES string of the molecule is CCN1CC(C)(C)OCC1COC1OC(=O)c2ccccc21. The summed E-state index contributed by atoms with van der Waals surface area (Å²) in [4.78, 5) is 14.1. The van der Waals surface area contributed by atoms with Crippen molar-refractivity contribution in [3.63, 3.8) is 0 Å². The minimum atomic E-state index is -0.600. The van der Waals surface area contributed by atoms with Crippen LogP contribution in [0.3, 0.4) is 0 Å². The van der Waals surface area contributed by atoms with E-state index in [9.17, 15) is 4.79 Å². The van der Waals surface area contributed by atoms with Crippen LogP contribution in [0.2, 0.25) is 0 Å². The molecule has 0 N–H and O–H groups in total. The fraction of sp³-hybridized carbons (Fsp3) is 0.588. The highest BCUT2D eigenvalue weighted by Crippen LogP contribution is 2.32. The minimum Gasteiger partial charge on any atom is -0.428 e. The third-order valence-corrected chi connectivity index (χ3v) is 4.26. The molecule has 2 atom stereocenters.